The third-order valence-corrected chi connectivity index (χ3v) is 6.16. The molecule has 0 spiro atoms. The molecule has 0 aliphatic carbocycles. The Hall–Kier alpha value is -1.44. The van der Waals surface area contributed by atoms with Gasteiger partial charge in [-0.1, -0.05) is 0 Å². The Kier molecular flexibility index (Phi) is 5.99. The molecular weight excluding hydrogens is 352 g/mol. The number of carbonyl (C=O) groups is 2. The van der Waals surface area contributed by atoms with Gasteiger partial charge < -0.3 is 19.7 Å². The zero-order valence-electron chi connectivity index (χ0n) is 15.9. The number of hydrogen-bond acceptors (Lipinski definition) is 5. The molecule has 1 saturated heterocycles. The Bertz CT molecular complexity index is 677. The fraction of sp³-hybridized carbons (Fsp3) is 0.684. The van der Waals surface area contributed by atoms with Crippen molar-refractivity contribution in [1.82, 2.24) is 0 Å². The lowest BCUT2D eigenvalue weighted by Gasteiger charge is -2.30. The summed E-state index contributed by atoms with van der Waals surface area (Å²) in [6.07, 6.45) is 3.61. The molecular formula is C19H29N2O4S+. The lowest BCUT2D eigenvalue weighted by Crippen LogP contribution is -3.10. The van der Waals surface area contributed by atoms with Crippen LogP contribution in [0.1, 0.15) is 60.8 Å². The van der Waals surface area contributed by atoms with Crippen molar-refractivity contribution in [3.63, 3.8) is 0 Å². The van der Waals surface area contributed by atoms with Crippen LogP contribution < -0.4 is 10.2 Å². The van der Waals surface area contributed by atoms with E-state index in [1.165, 1.54) is 29.1 Å². The first-order valence-corrected chi connectivity index (χ1v) is 10.3. The molecule has 0 aromatic carbocycles. The highest BCUT2D eigenvalue weighted by Crippen LogP contribution is 2.40. The van der Waals surface area contributed by atoms with Crippen molar-refractivity contribution in [3.8, 4) is 0 Å². The van der Waals surface area contributed by atoms with Gasteiger partial charge in [0.1, 0.15) is 5.00 Å². The van der Waals surface area contributed by atoms with E-state index in [0.717, 1.165) is 30.1 Å². The van der Waals surface area contributed by atoms with Gasteiger partial charge in [-0.05, 0) is 26.3 Å². The Labute approximate surface area is 158 Å². The van der Waals surface area contributed by atoms with Crippen molar-refractivity contribution in [2.45, 2.75) is 58.7 Å². The first kappa shape index (κ1) is 19.3. The van der Waals surface area contributed by atoms with Gasteiger partial charge in [-0.25, -0.2) is 4.79 Å². The van der Waals surface area contributed by atoms with Gasteiger partial charge in [0.25, 0.3) is 0 Å². The van der Waals surface area contributed by atoms with Crippen LogP contribution >= 0.6 is 11.3 Å². The number of amides is 1. The van der Waals surface area contributed by atoms with Crippen molar-refractivity contribution in [2.24, 2.45) is 0 Å². The maximum Gasteiger partial charge on any atom is 0.341 e. The summed E-state index contributed by atoms with van der Waals surface area (Å²) in [4.78, 5) is 27.5. The molecule has 0 unspecified atom stereocenters. The summed E-state index contributed by atoms with van der Waals surface area (Å²) in [6, 6.07) is 0. The number of anilines is 1. The number of carbonyl (C=O) groups excluding carboxylic acids is 2. The molecule has 1 amide bonds. The average Bonchev–Trinajstić information content (AvgIpc) is 3.19. The first-order chi connectivity index (χ1) is 12.4. The zero-order valence-corrected chi connectivity index (χ0v) is 16.7. The molecule has 1 aromatic rings. The summed E-state index contributed by atoms with van der Waals surface area (Å²) in [5, 5.41) is 3.58. The summed E-state index contributed by atoms with van der Waals surface area (Å²) >= 11 is 1.44. The topological polar surface area (TPSA) is 69.1 Å². The van der Waals surface area contributed by atoms with Crippen LogP contribution in [0.3, 0.4) is 0 Å². The fourth-order valence-electron chi connectivity index (χ4n) is 3.67. The number of thiophene rings is 1. The largest absolute Gasteiger partial charge is 0.462 e. The van der Waals surface area contributed by atoms with E-state index < -0.39 is 0 Å². The van der Waals surface area contributed by atoms with Gasteiger partial charge in [0.2, 0.25) is 5.91 Å². The summed E-state index contributed by atoms with van der Waals surface area (Å²) in [7, 11) is 0. The Balaban J connectivity index is 1.76. The Morgan fingerprint density at radius 3 is 2.73 bits per heavy atom. The van der Waals surface area contributed by atoms with Crippen molar-refractivity contribution in [1.29, 1.82) is 0 Å². The number of nitrogens with one attached hydrogen (secondary N) is 2. The number of hydrogen-bond donors (Lipinski definition) is 2. The molecule has 26 heavy (non-hydrogen) atoms. The standard InChI is InChI=1S/C19H28N2O4S/c1-4-24-18(23)16-13-11-19(2,3)25-12-14(13)26-17(16)20-15(22)7-10-21-8-5-6-9-21/h4-12H2,1-3H3,(H,20,22)/p+1. The molecule has 0 bridgehead atoms. The van der Waals surface area contributed by atoms with Crippen LogP contribution in [0, 0.1) is 0 Å². The molecule has 7 heteroatoms. The van der Waals surface area contributed by atoms with Crippen LogP contribution in [0.2, 0.25) is 0 Å². The molecule has 6 nitrogen and oxygen atoms in total. The molecule has 1 fully saturated rings. The van der Waals surface area contributed by atoms with Gasteiger partial charge in [0.05, 0.1) is 50.4 Å². The quantitative estimate of drug-likeness (QED) is 0.737. The number of quaternary nitrogens is 1. The maximum absolute atomic E-state index is 12.5. The van der Waals surface area contributed by atoms with Gasteiger partial charge in [-0.15, -0.1) is 11.3 Å². The Morgan fingerprint density at radius 1 is 1.31 bits per heavy atom. The van der Waals surface area contributed by atoms with Gasteiger partial charge >= 0.3 is 5.97 Å². The highest BCUT2D eigenvalue weighted by Gasteiger charge is 2.34. The predicted molar refractivity (Wildman–Crippen MR) is 101 cm³/mol. The summed E-state index contributed by atoms with van der Waals surface area (Å²) in [5.74, 6) is -0.392. The smallest absolute Gasteiger partial charge is 0.341 e. The second-order valence-corrected chi connectivity index (χ2v) is 8.76. The maximum atomic E-state index is 12.5. The van der Waals surface area contributed by atoms with Crippen molar-refractivity contribution < 1.29 is 24.0 Å². The van der Waals surface area contributed by atoms with Crippen LogP contribution in [-0.2, 0) is 27.3 Å². The van der Waals surface area contributed by atoms with E-state index in [9.17, 15) is 9.59 Å². The number of ether oxygens (including phenoxy) is 2. The first-order valence-electron chi connectivity index (χ1n) is 9.48. The number of likely N-dealkylation sites (tertiary alicyclic amines) is 1. The molecule has 0 atom stereocenters. The number of fused-ring (bicyclic) bond motifs is 1. The lowest BCUT2D eigenvalue weighted by atomic mass is 9.93. The summed E-state index contributed by atoms with van der Waals surface area (Å²) < 4.78 is 11.1. The van der Waals surface area contributed by atoms with Gasteiger partial charge in [-0.3, -0.25) is 4.79 Å². The van der Waals surface area contributed by atoms with Crippen molar-refractivity contribution >= 4 is 28.2 Å². The van der Waals surface area contributed by atoms with E-state index in [1.54, 1.807) is 6.92 Å². The average molecular weight is 382 g/mol. The van der Waals surface area contributed by atoms with Crippen LogP contribution in [0.4, 0.5) is 5.00 Å². The Morgan fingerprint density at radius 2 is 2.04 bits per heavy atom. The molecule has 3 heterocycles. The van der Waals surface area contributed by atoms with E-state index in [2.05, 4.69) is 5.32 Å². The predicted octanol–water partition coefficient (Wildman–Crippen LogP) is 1.78. The lowest BCUT2D eigenvalue weighted by molar-refractivity contribution is -0.886. The molecule has 2 aliphatic rings. The van der Waals surface area contributed by atoms with Crippen LogP contribution in [0.25, 0.3) is 0 Å². The normalized spacial score (nSPS) is 19.2. The third kappa shape index (κ3) is 4.45. The molecule has 144 valence electrons. The molecule has 0 radical (unpaired) electrons. The third-order valence-electron chi connectivity index (χ3n) is 5.04. The molecule has 1 aromatic heterocycles. The fourth-order valence-corrected chi connectivity index (χ4v) is 4.80. The minimum Gasteiger partial charge on any atom is -0.462 e. The van der Waals surface area contributed by atoms with E-state index in [-0.39, 0.29) is 17.5 Å². The molecule has 2 aliphatic heterocycles. The second kappa shape index (κ2) is 8.06. The van der Waals surface area contributed by atoms with Crippen LogP contribution in [0.5, 0.6) is 0 Å². The van der Waals surface area contributed by atoms with Crippen LogP contribution in [-0.4, -0.2) is 43.7 Å². The van der Waals surface area contributed by atoms with Crippen molar-refractivity contribution in [3.05, 3.63) is 16.0 Å². The SMILES string of the molecule is CCOC(=O)c1c(NC(=O)CC[NH+]2CCCC2)sc2c1CC(C)(C)OC2. The highest BCUT2D eigenvalue weighted by molar-refractivity contribution is 7.17. The zero-order chi connectivity index (χ0) is 18.7. The highest BCUT2D eigenvalue weighted by atomic mass is 32.1. The van der Waals surface area contributed by atoms with E-state index in [0.29, 0.717) is 36.6 Å². The number of rotatable bonds is 6. The second-order valence-electron chi connectivity index (χ2n) is 7.66. The van der Waals surface area contributed by atoms with E-state index in [1.807, 2.05) is 13.8 Å². The van der Waals surface area contributed by atoms with E-state index in [4.69, 9.17) is 9.47 Å². The van der Waals surface area contributed by atoms with Gasteiger partial charge in [0.15, 0.2) is 0 Å². The molecule has 3 rings (SSSR count). The molecule has 2 N–H and O–H groups in total. The molecule has 0 saturated carbocycles. The summed E-state index contributed by atoms with van der Waals surface area (Å²) in [6.45, 7) is 9.76. The van der Waals surface area contributed by atoms with Gasteiger partial charge in [-0.2, -0.15) is 0 Å². The van der Waals surface area contributed by atoms with Gasteiger partial charge in [0, 0.05) is 24.1 Å². The minimum atomic E-state index is -0.358. The monoisotopic (exact) mass is 381 g/mol. The summed E-state index contributed by atoms with van der Waals surface area (Å²) in [5.41, 5.74) is 1.16. The van der Waals surface area contributed by atoms with Crippen molar-refractivity contribution in [2.75, 3.05) is 31.6 Å². The number of esters is 1. The van der Waals surface area contributed by atoms with E-state index >= 15 is 0 Å². The van der Waals surface area contributed by atoms with Crippen LogP contribution in [0.15, 0.2) is 0 Å². The minimum absolute atomic E-state index is 0.0336.